The number of benzene rings is 1. The minimum absolute atomic E-state index is 0.251. The Kier molecular flexibility index (Phi) is 4.45. The first-order valence-corrected chi connectivity index (χ1v) is 8.95. The lowest BCUT2D eigenvalue weighted by Gasteiger charge is -2.18. The third-order valence-corrected chi connectivity index (χ3v) is 4.95. The van der Waals surface area contributed by atoms with Crippen LogP contribution in [0.4, 0.5) is 5.82 Å². The van der Waals surface area contributed by atoms with Crippen molar-refractivity contribution >= 4 is 24.3 Å². The standard InChI is InChI=1S/C17H18BN5O5/c24-7-11-13-14(28-18(25)27-13)17(26-11)23-9-22-12-15(20-8-21-16(12)23)19-6-10-4-2-1-3-5-10/h1-5,8-9,11,13-14,17,24-25H,6-7H2,(H,19,20,21)/t11-,13-,14-,17-/m1/s1. The SMILES string of the molecule is OC[C@H]1O[C@@H](n2cnc3c(NCc4ccccc4)ncnc32)[C@@H]2OB(O)O[C@@H]21. The van der Waals surface area contributed by atoms with Crippen LogP contribution in [0.2, 0.25) is 0 Å². The summed E-state index contributed by atoms with van der Waals surface area (Å²) in [6.07, 6.45) is 0.635. The summed E-state index contributed by atoms with van der Waals surface area (Å²) in [4.78, 5) is 13.1. The molecule has 3 aromatic rings. The molecule has 0 bridgehead atoms. The number of aliphatic hydroxyl groups is 1. The van der Waals surface area contributed by atoms with E-state index >= 15 is 0 Å². The molecule has 2 aliphatic rings. The third kappa shape index (κ3) is 2.93. The first-order chi connectivity index (χ1) is 13.7. The largest absolute Gasteiger partial charge is 0.637 e. The topological polar surface area (TPSA) is 124 Å². The van der Waals surface area contributed by atoms with Crippen LogP contribution >= 0.6 is 0 Å². The van der Waals surface area contributed by atoms with Crippen LogP contribution in [-0.2, 0) is 20.6 Å². The Morgan fingerprint density at radius 3 is 2.75 bits per heavy atom. The molecule has 2 aromatic heterocycles. The summed E-state index contributed by atoms with van der Waals surface area (Å²) in [6, 6.07) is 9.96. The highest BCUT2D eigenvalue weighted by molar-refractivity contribution is 6.35. The zero-order chi connectivity index (χ0) is 19.1. The molecule has 2 fully saturated rings. The second-order valence-corrected chi connectivity index (χ2v) is 6.64. The maximum Gasteiger partial charge on any atom is 0.637 e. The first kappa shape index (κ1) is 17.5. The van der Waals surface area contributed by atoms with Gasteiger partial charge in [0.25, 0.3) is 0 Å². The molecule has 0 radical (unpaired) electrons. The van der Waals surface area contributed by atoms with Crippen molar-refractivity contribution in [2.75, 3.05) is 11.9 Å². The molecule has 11 heteroatoms. The minimum atomic E-state index is -1.34. The van der Waals surface area contributed by atoms with E-state index in [0.29, 0.717) is 23.5 Å². The van der Waals surface area contributed by atoms with Gasteiger partial charge in [-0.25, -0.2) is 15.0 Å². The second-order valence-electron chi connectivity index (χ2n) is 6.64. The van der Waals surface area contributed by atoms with Crippen LogP contribution in [0.15, 0.2) is 43.0 Å². The van der Waals surface area contributed by atoms with Crippen molar-refractivity contribution in [1.82, 2.24) is 19.5 Å². The van der Waals surface area contributed by atoms with E-state index in [-0.39, 0.29) is 6.61 Å². The number of fused-ring (bicyclic) bond motifs is 2. The number of anilines is 1. The molecular weight excluding hydrogens is 365 g/mol. The Balaban J connectivity index is 1.44. The van der Waals surface area contributed by atoms with Crippen LogP contribution in [0, 0.1) is 0 Å². The molecule has 4 heterocycles. The van der Waals surface area contributed by atoms with Gasteiger partial charge in [-0.2, -0.15) is 0 Å². The van der Waals surface area contributed by atoms with E-state index in [2.05, 4.69) is 20.3 Å². The van der Waals surface area contributed by atoms with Gasteiger partial charge in [-0.05, 0) is 5.56 Å². The Labute approximate surface area is 160 Å². The third-order valence-electron chi connectivity index (χ3n) is 4.95. The van der Waals surface area contributed by atoms with Crippen LogP contribution in [0.25, 0.3) is 11.2 Å². The lowest BCUT2D eigenvalue weighted by Crippen LogP contribution is -2.31. The molecule has 144 valence electrons. The van der Waals surface area contributed by atoms with Crippen molar-refractivity contribution < 1.29 is 24.2 Å². The molecule has 10 nitrogen and oxygen atoms in total. The molecule has 0 spiro atoms. The number of ether oxygens (including phenoxy) is 1. The molecule has 0 amide bonds. The number of aliphatic hydroxyl groups excluding tert-OH is 1. The monoisotopic (exact) mass is 383 g/mol. The zero-order valence-electron chi connectivity index (χ0n) is 14.8. The highest BCUT2D eigenvalue weighted by atomic mass is 16.8. The minimum Gasteiger partial charge on any atom is -0.402 e. The van der Waals surface area contributed by atoms with Crippen LogP contribution < -0.4 is 5.32 Å². The molecule has 2 aliphatic heterocycles. The van der Waals surface area contributed by atoms with E-state index in [1.807, 2.05) is 30.3 Å². The Bertz CT molecular complexity index is 973. The predicted molar refractivity (Wildman–Crippen MR) is 97.8 cm³/mol. The molecule has 0 saturated carbocycles. The summed E-state index contributed by atoms with van der Waals surface area (Å²) in [6.45, 7) is 0.347. The number of rotatable bonds is 5. The van der Waals surface area contributed by atoms with E-state index in [4.69, 9.17) is 14.0 Å². The smallest absolute Gasteiger partial charge is 0.402 e. The van der Waals surface area contributed by atoms with Crippen molar-refractivity contribution in [3.05, 3.63) is 48.5 Å². The van der Waals surface area contributed by atoms with Gasteiger partial charge in [-0.1, -0.05) is 30.3 Å². The number of imidazole rings is 1. The highest BCUT2D eigenvalue weighted by Gasteiger charge is 2.55. The summed E-state index contributed by atoms with van der Waals surface area (Å²) in [5.41, 5.74) is 2.26. The summed E-state index contributed by atoms with van der Waals surface area (Å²) < 4.78 is 18.3. The van der Waals surface area contributed by atoms with Crippen molar-refractivity contribution in [1.29, 1.82) is 0 Å². The summed E-state index contributed by atoms with van der Waals surface area (Å²) >= 11 is 0. The number of nitrogens with one attached hydrogen (secondary N) is 1. The van der Waals surface area contributed by atoms with E-state index in [1.54, 1.807) is 10.9 Å². The van der Waals surface area contributed by atoms with Crippen LogP contribution in [-0.4, -0.2) is 61.9 Å². The molecule has 3 N–H and O–H groups in total. The summed E-state index contributed by atoms with van der Waals surface area (Å²) in [7, 11) is -1.34. The van der Waals surface area contributed by atoms with Crippen molar-refractivity contribution in [3.8, 4) is 0 Å². The van der Waals surface area contributed by atoms with Gasteiger partial charge in [-0.3, -0.25) is 4.57 Å². The molecule has 2 saturated heterocycles. The van der Waals surface area contributed by atoms with E-state index in [0.717, 1.165) is 5.56 Å². The number of nitrogens with zero attached hydrogens (tertiary/aromatic N) is 4. The lowest BCUT2D eigenvalue weighted by atomic mass is 10.1. The average Bonchev–Trinajstić information content (AvgIpc) is 3.40. The van der Waals surface area contributed by atoms with E-state index in [9.17, 15) is 10.1 Å². The molecule has 0 aliphatic carbocycles. The normalized spacial score (nSPS) is 26.7. The van der Waals surface area contributed by atoms with Crippen LogP contribution in [0.1, 0.15) is 11.8 Å². The van der Waals surface area contributed by atoms with Gasteiger partial charge in [0.2, 0.25) is 0 Å². The fraction of sp³-hybridized carbons (Fsp3) is 0.353. The molecular formula is C17H18BN5O5. The summed E-state index contributed by atoms with van der Waals surface area (Å²) in [5, 5.41) is 22.5. The lowest BCUT2D eigenvalue weighted by molar-refractivity contribution is -0.0624. The Morgan fingerprint density at radius 2 is 1.93 bits per heavy atom. The van der Waals surface area contributed by atoms with Crippen molar-refractivity contribution in [2.45, 2.75) is 31.1 Å². The molecule has 28 heavy (non-hydrogen) atoms. The molecule has 5 rings (SSSR count). The van der Waals surface area contributed by atoms with Gasteiger partial charge in [0.1, 0.15) is 24.6 Å². The summed E-state index contributed by atoms with van der Waals surface area (Å²) in [5.74, 6) is 0.601. The Morgan fingerprint density at radius 1 is 1.11 bits per heavy atom. The molecule has 0 unspecified atom stereocenters. The number of hydrogen-bond acceptors (Lipinski definition) is 9. The zero-order valence-corrected chi connectivity index (χ0v) is 14.8. The van der Waals surface area contributed by atoms with E-state index < -0.39 is 31.9 Å². The van der Waals surface area contributed by atoms with Gasteiger partial charge >= 0.3 is 7.32 Å². The fourth-order valence-corrected chi connectivity index (χ4v) is 3.64. The fourth-order valence-electron chi connectivity index (χ4n) is 3.64. The maximum atomic E-state index is 9.66. The van der Waals surface area contributed by atoms with Gasteiger partial charge in [0.15, 0.2) is 23.2 Å². The Hall–Kier alpha value is -2.57. The number of aromatic nitrogens is 4. The van der Waals surface area contributed by atoms with E-state index in [1.165, 1.54) is 6.33 Å². The highest BCUT2D eigenvalue weighted by Crippen LogP contribution is 2.39. The molecule has 1 aromatic carbocycles. The predicted octanol–water partition coefficient (Wildman–Crippen LogP) is 0.0893. The maximum absolute atomic E-state index is 9.66. The first-order valence-electron chi connectivity index (χ1n) is 8.95. The number of hydrogen-bond donors (Lipinski definition) is 3. The molecule has 4 atom stereocenters. The van der Waals surface area contributed by atoms with Gasteiger partial charge in [-0.15, -0.1) is 0 Å². The van der Waals surface area contributed by atoms with Crippen molar-refractivity contribution in [2.24, 2.45) is 0 Å². The average molecular weight is 383 g/mol. The van der Waals surface area contributed by atoms with Crippen molar-refractivity contribution in [3.63, 3.8) is 0 Å². The van der Waals surface area contributed by atoms with Crippen LogP contribution in [0.5, 0.6) is 0 Å². The van der Waals surface area contributed by atoms with Gasteiger partial charge in [0, 0.05) is 6.54 Å². The van der Waals surface area contributed by atoms with Gasteiger partial charge < -0.3 is 29.5 Å². The van der Waals surface area contributed by atoms with Gasteiger partial charge in [0.05, 0.1) is 12.9 Å². The van der Waals surface area contributed by atoms with Crippen LogP contribution in [0.3, 0.4) is 0 Å². The second kappa shape index (κ2) is 7.11. The quantitative estimate of drug-likeness (QED) is 0.526.